The Balaban J connectivity index is 2.64. The van der Waals surface area contributed by atoms with Crippen LogP contribution in [0, 0.1) is 5.82 Å². The first kappa shape index (κ1) is 12.3. The van der Waals surface area contributed by atoms with Gasteiger partial charge >= 0.3 is 5.97 Å². The largest absolute Gasteiger partial charge is 0.509 e. The minimum absolute atomic E-state index is 0.00491. The molecule has 0 radical (unpaired) electrons. The summed E-state index contributed by atoms with van der Waals surface area (Å²) in [5.74, 6) is -2.98. The molecule has 1 heterocycles. The number of aliphatic hydroxyl groups is 1. The maximum absolute atomic E-state index is 13.0. The average molecular weight is 252 g/mol. The highest BCUT2D eigenvalue weighted by Crippen LogP contribution is 2.26. The first-order valence-corrected chi connectivity index (χ1v) is 5.07. The molecule has 0 atom stereocenters. The zero-order chi connectivity index (χ0) is 13.3. The number of carbonyl (C=O) groups excluding carboxylic acids is 1. The molecule has 0 spiro atoms. The van der Waals surface area contributed by atoms with Crippen LogP contribution in [0.4, 0.5) is 4.39 Å². The van der Waals surface area contributed by atoms with Gasteiger partial charge < -0.3 is 14.9 Å². The molecule has 6 heteroatoms. The fraction of sp³-hybridized carbons (Fsp3) is 0.167. The average Bonchev–Trinajstić information content (AvgIpc) is 2.30. The number of rotatable bonds is 2. The van der Waals surface area contributed by atoms with Crippen LogP contribution in [-0.2, 0) is 9.53 Å². The quantitative estimate of drug-likeness (QED) is 0.831. The minimum Gasteiger partial charge on any atom is -0.509 e. The van der Waals surface area contributed by atoms with Crippen molar-refractivity contribution in [3.05, 3.63) is 40.9 Å². The van der Waals surface area contributed by atoms with Gasteiger partial charge in [-0.25, -0.2) is 9.18 Å². The normalized spacial score (nSPS) is 15.9. The minimum atomic E-state index is -1.37. The van der Waals surface area contributed by atoms with E-state index in [0.717, 1.165) is 18.2 Å². The summed E-state index contributed by atoms with van der Waals surface area (Å²) in [5, 5.41) is 18.6. The lowest BCUT2D eigenvalue weighted by Gasteiger charge is -2.17. The van der Waals surface area contributed by atoms with E-state index in [-0.39, 0.29) is 35.7 Å². The summed E-state index contributed by atoms with van der Waals surface area (Å²) in [5.41, 5.74) is -0.500. The third-order valence-corrected chi connectivity index (χ3v) is 2.52. The van der Waals surface area contributed by atoms with Crippen molar-refractivity contribution in [1.29, 1.82) is 0 Å². The number of Topliss-reactive ketones (excluding diaryl/α,β-unsaturated/α-hetero) is 1. The second-order valence-electron chi connectivity index (χ2n) is 3.73. The lowest BCUT2D eigenvalue weighted by Crippen LogP contribution is -2.22. The Hall–Kier alpha value is -2.21. The van der Waals surface area contributed by atoms with Crippen molar-refractivity contribution in [2.24, 2.45) is 0 Å². The van der Waals surface area contributed by atoms with Gasteiger partial charge in [-0.2, -0.15) is 0 Å². The summed E-state index contributed by atoms with van der Waals surface area (Å²) in [6.45, 7) is -0.409. The maximum atomic E-state index is 13.0. The van der Waals surface area contributed by atoms with Gasteiger partial charge in [0.15, 0.2) is 5.78 Å². The second-order valence-corrected chi connectivity index (χ2v) is 3.73. The number of hydrogen-bond acceptors (Lipinski definition) is 4. The molecule has 5 nitrogen and oxygen atoms in total. The smallest absolute Gasteiger partial charge is 0.336 e. The van der Waals surface area contributed by atoms with Crippen LogP contribution >= 0.6 is 0 Å². The van der Waals surface area contributed by atoms with Gasteiger partial charge in [-0.1, -0.05) is 6.07 Å². The topological polar surface area (TPSA) is 83.8 Å². The number of ketones is 1. The van der Waals surface area contributed by atoms with E-state index in [1.807, 2.05) is 0 Å². The summed E-state index contributed by atoms with van der Waals surface area (Å²) in [7, 11) is 0. The Morgan fingerprint density at radius 1 is 1.33 bits per heavy atom. The fourth-order valence-corrected chi connectivity index (χ4v) is 1.76. The van der Waals surface area contributed by atoms with Crippen molar-refractivity contribution >= 4 is 17.3 Å². The van der Waals surface area contributed by atoms with Crippen LogP contribution in [-0.4, -0.2) is 35.2 Å². The number of ether oxygens (including phenoxy) is 1. The first-order valence-electron chi connectivity index (χ1n) is 5.07. The van der Waals surface area contributed by atoms with E-state index in [1.165, 1.54) is 0 Å². The van der Waals surface area contributed by atoms with E-state index in [9.17, 15) is 19.1 Å². The SMILES string of the molecule is O=C1COCC(O)=C1c1ccc(F)cc1C(=O)O. The van der Waals surface area contributed by atoms with Gasteiger partial charge in [0.2, 0.25) is 0 Å². The van der Waals surface area contributed by atoms with Crippen molar-refractivity contribution < 1.29 is 28.9 Å². The number of carbonyl (C=O) groups is 2. The zero-order valence-corrected chi connectivity index (χ0v) is 9.14. The second kappa shape index (κ2) is 4.58. The van der Waals surface area contributed by atoms with E-state index in [2.05, 4.69) is 0 Å². The van der Waals surface area contributed by atoms with Crippen LogP contribution in [0.3, 0.4) is 0 Å². The fourth-order valence-electron chi connectivity index (χ4n) is 1.76. The van der Waals surface area contributed by atoms with Crippen LogP contribution in [0.1, 0.15) is 15.9 Å². The van der Waals surface area contributed by atoms with Gasteiger partial charge in [0, 0.05) is 5.56 Å². The number of carboxylic acids is 1. The van der Waals surface area contributed by atoms with Crippen molar-refractivity contribution in [3.63, 3.8) is 0 Å². The molecule has 1 aliphatic rings. The molecule has 0 aromatic heterocycles. The molecule has 18 heavy (non-hydrogen) atoms. The summed E-state index contributed by atoms with van der Waals surface area (Å²) >= 11 is 0. The van der Waals surface area contributed by atoms with Crippen LogP contribution in [0.2, 0.25) is 0 Å². The van der Waals surface area contributed by atoms with Crippen molar-refractivity contribution in [1.82, 2.24) is 0 Å². The van der Waals surface area contributed by atoms with Crippen LogP contribution in [0.15, 0.2) is 24.0 Å². The molecule has 0 unspecified atom stereocenters. The molecule has 0 aliphatic carbocycles. The number of benzene rings is 1. The molecule has 0 fully saturated rings. The monoisotopic (exact) mass is 252 g/mol. The van der Waals surface area contributed by atoms with Crippen molar-refractivity contribution in [3.8, 4) is 0 Å². The highest BCUT2D eigenvalue weighted by molar-refractivity contribution is 6.24. The van der Waals surface area contributed by atoms with Crippen molar-refractivity contribution in [2.45, 2.75) is 0 Å². The van der Waals surface area contributed by atoms with Gasteiger partial charge in [0.25, 0.3) is 0 Å². The zero-order valence-electron chi connectivity index (χ0n) is 9.14. The standard InChI is InChI=1S/C12H9FO5/c13-6-1-2-7(8(3-6)12(16)17)11-9(14)4-18-5-10(11)15/h1-3,14H,4-5H2,(H,16,17). The number of aliphatic hydroxyl groups excluding tert-OH is 1. The van der Waals surface area contributed by atoms with E-state index in [0.29, 0.717) is 0 Å². The third kappa shape index (κ3) is 2.10. The van der Waals surface area contributed by atoms with E-state index >= 15 is 0 Å². The van der Waals surface area contributed by atoms with Crippen molar-refractivity contribution in [2.75, 3.05) is 13.2 Å². The van der Waals surface area contributed by atoms with E-state index < -0.39 is 17.6 Å². The van der Waals surface area contributed by atoms with Crippen LogP contribution in [0.5, 0.6) is 0 Å². The molecular formula is C12H9FO5. The Kier molecular flexibility index (Phi) is 3.12. The van der Waals surface area contributed by atoms with Gasteiger partial charge in [0.05, 0.1) is 11.1 Å². The third-order valence-electron chi connectivity index (χ3n) is 2.52. The number of hydrogen-bond donors (Lipinski definition) is 2. The lowest BCUT2D eigenvalue weighted by molar-refractivity contribution is -0.119. The van der Waals surface area contributed by atoms with Gasteiger partial charge in [-0.15, -0.1) is 0 Å². The Labute approximate surface area is 101 Å². The molecular weight excluding hydrogens is 243 g/mol. The highest BCUT2D eigenvalue weighted by Gasteiger charge is 2.26. The molecule has 0 amide bonds. The summed E-state index contributed by atoms with van der Waals surface area (Å²) < 4.78 is 17.8. The molecule has 94 valence electrons. The molecule has 2 N–H and O–H groups in total. The summed E-state index contributed by atoms with van der Waals surface area (Å²) in [4.78, 5) is 22.7. The number of carboxylic acid groups (broad SMARTS) is 1. The van der Waals surface area contributed by atoms with Gasteiger partial charge in [-0.05, 0) is 12.1 Å². The maximum Gasteiger partial charge on any atom is 0.336 e. The molecule has 0 saturated carbocycles. The summed E-state index contributed by atoms with van der Waals surface area (Å²) in [6.07, 6.45) is 0. The molecule has 1 aromatic carbocycles. The van der Waals surface area contributed by atoms with Gasteiger partial charge in [-0.3, -0.25) is 4.79 Å². The highest BCUT2D eigenvalue weighted by atomic mass is 19.1. The molecule has 1 aromatic rings. The predicted octanol–water partition coefficient (Wildman–Crippen LogP) is 1.39. The Morgan fingerprint density at radius 2 is 2.06 bits per heavy atom. The van der Waals surface area contributed by atoms with Crippen LogP contribution < -0.4 is 0 Å². The summed E-state index contributed by atoms with van der Waals surface area (Å²) in [6, 6.07) is 3.00. The lowest BCUT2D eigenvalue weighted by atomic mass is 9.94. The number of halogens is 1. The van der Waals surface area contributed by atoms with Gasteiger partial charge in [0.1, 0.15) is 24.8 Å². The molecule has 1 aliphatic heterocycles. The van der Waals surface area contributed by atoms with Crippen LogP contribution in [0.25, 0.3) is 5.57 Å². The van der Waals surface area contributed by atoms with E-state index in [4.69, 9.17) is 9.84 Å². The Morgan fingerprint density at radius 3 is 2.67 bits per heavy atom. The molecule has 0 saturated heterocycles. The molecule has 2 rings (SSSR count). The first-order chi connectivity index (χ1) is 8.50. The number of aromatic carboxylic acids is 1. The van der Waals surface area contributed by atoms with E-state index in [1.54, 1.807) is 0 Å². The molecule has 0 bridgehead atoms. The predicted molar refractivity (Wildman–Crippen MR) is 58.7 cm³/mol. The Bertz CT molecular complexity index is 562.